The fourth-order valence-corrected chi connectivity index (χ4v) is 3.65. The number of fused-ring (bicyclic) bond motifs is 1. The number of aryl methyl sites for hydroxylation is 1. The molecule has 0 atom stereocenters. The van der Waals surface area contributed by atoms with Crippen molar-refractivity contribution in [1.29, 1.82) is 0 Å². The van der Waals surface area contributed by atoms with E-state index in [1.807, 2.05) is 6.92 Å². The standard InChI is InChI=1S/C21H16FN3O3S/c1-13-11-25-19(26)10-15(24-21(25)29-13)12-28-16-6-4-5-14(9-16)23-20(27)17-7-2-3-8-18(17)22/h2-11H,12H2,1H3,(H,23,27). The van der Waals surface area contributed by atoms with Crippen molar-refractivity contribution >= 4 is 27.9 Å². The summed E-state index contributed by atoms with van der Waals surface area (Å²) in [5.74, 6) is -0.650. The SMILES string of the molecule is Cc1cn2c(=O)cc(COc3cccc(NC(=O)c4ccccc4F)c3)nc2s1. The molecule has 2 heterocycles. The molecule has 29 heavy (non-hydrogen) atoms. The minimum atomic E-state index is -0.589. The largest absolute Gasteiger partial charge is 0.487 e. The molecule has 0 unspecified atom stereocenters. The molecule has 0 radical (unpaired) electrons. The van der Waals surface area contributed by atoms with E-state index in [1.165, 1.54) is 40.0 Å². The summed E-state index contributed by atoms with van der Waals surface area (Å²) in [5, 5.41) is 2.65. The van der Waals surface area contributed by atoms with Crippen molar-refractivity contribution in [2.45, 2.75) is 13.5 Å². The second-order valence-electron chi connectivity index (χ2n) is 6.33. The van der Waals surface area contributed by atoms with Crippen LogP contribution in [0.1, 0.15) is 20.9 Å². The van der Waals surface area contributed by atoms with Gasteiger partial charge in [-0.05, 0) is 31.2 Å². The topological polar surface area (TPSA) is 72.7 Å². The van der Waals surface area contributed by atoms with Gasteiger partial charge in [0.1, 0.15) is 18.2 Å². The number of hydrogen-bond donors (Lipinski definition) is 1. The van der Waals surface area contributed by atoms with Crippen LogP contribution >= 0.6 is 11.3 Å². The van der Waals surface area contributed by atoms with E-state index in [2.05, 4.69) is 10.3 Å². The summed E-state index contributed by atoms with van der Waals surface area (Å²) in [6, 6.07) is 13.9. The third-order valence-electron chi connectivity index (χ3n) is 4.13. The van der Waals surface area contributed by atoms with Crippen LogP contribution in [-0.4, -0.2) is 15.3 Å². The molecule has 0 bridgehead atoms. The van der Waals surface area contributed by atoms with E-state index >= 15 is 0 Å². The Hall–Kier alpha value is -3.52. The number of rotatable bonds is 5. The fourth-order valence-electron chi connectivity index (χ4n) is 2.80. The first-order valence-electron chi connectivity index (χ1n) is 8.77. The molecule has 4 rings (SSSR count). The quantitative estimate of drug-likeness (QED) is 0.540. The van der Waals surface area contributed by atoms with Crippen LogP contribution in [0.25, 0.3) is 4.96 Å². The molecule has 2 aromatic heterocycles. The first-order chi connectivity index (χ1) is 14.0. The van der Waals surface area contributed by atoms with Crippen molar-refractivity contribution in [2.24, 2.45) is 0 Å². The van der Waals surface area contributed by atoms with Crippen molar-refractivity contribution in [1.82, 2.24) is 9.38 Å². The zero-order chi connectivity index (χ0) is 20.4. The third kappa shape index (κ3) is 4.17. The predicted octanol–water partition coefficient (Wildman–Crippen LogP) is 4.03. The van der Waals surface area contributed by atoms with Crippen LogP contribution in [0.3, 0.4) is 0 Å². The van der Waals surface area contributed by atoms with Crippen molar-refractivity contribution in [2.75, 3.05) is 5.32 Å². The molecule has 1 N–H and O–H groups in total. The Kier molecular flexibility index (Phi) is 5.09. The highest BCUT2D eigenvalue weighted by molar-refractivity contribution is 7.16. The van der Waals surface area contributed by atoms with Gasteiger partial charge < -0.3 is 10.1 Å². The summed E-state index contributed by atoms with van der Waals surface area (Å²) in [6.45, 7) is 2.02. The number of amides is 1. The number of nitrogens with zero attached hydrogens (tertiary/aromatic N) is 2. The summed E-state index contributed by atoms with van der Waals surface area (Å²) in [5.41, 5.74) is 0.776. The van der Waals surface area contributed by atoms with Crippen molar-refractivity contribution < 1.29 is 13.9 Å². The number of hydrogen-bond acceptors (Lipinski definition) is 5. The van der Waals surface area contributed by atoms with Crippen LogP contribution in [0.15, 0.2) is 65.6 Å². The van der Waals surface area contributed by atoms with Gasteiger partial charge in [-0.15, -0.1) is 11.3 Å². The van der Waals surface area contributed by atoms with E-state index in [-0.39, 0.29) is 17.7 Å². The van der Waals surface area contributed by atoms with Crippen LogP contribution < -0.4 is 15.6 Å². The maximum atomic E-state index is 13.8. The second kappa shape index (κ2) is 7.84. The minimum absolute atomic E-state index is 0.0389. The van der Waals surface area contributed by atoms with Gasteiger partial charge in [-0.1, -0.05) is 18.2 Å². The van der Waals surface area contributed by atoms with E-state index < -0.39 is 11.7 Å². The van der Waals surface area contributed by atoms with Gasteiger partial charge in [0.15, 0.2) is 4.96 Å². The summed E-state index contributed by atoms with van der Waals surface area (Å²) in [4.78, 5) is 30.4. The summed E-state index contributed by atoms with van der Waals surface area (Å²) >= 11 is 1.43. The lowest BCUT2D eigenvalue weighted by Crippen LogP contribution is -2.14. The maximum absolute atomic E-state index is 13.8. The van der Waals surface area contributed by atoms with E-state index in [0.717, 1.165) is 4.88 Å². The number of thiazole rings is 1. The molecule has 0 spiro atoms. The predicted molar refractivity (Wildman–Crippen MR) is 109 cm³/mol. The van der Waals surface area contributed by atoms with Crippen LogP contribution in [-0.2, 0) is 6.61 Å². The lowest BCUT2D eigenvalue weighted by Gasteiger charge is -2.09. The zero-order valence-electron chi connectivity index (χ0n) is 15.4. The molecule has 0 saturated carbocycles. The van der Waals surface area contributed by atoms with E-state index in [9.17, 15) is 14.0 Å². The van der Waals surface area contributed by atoms with Gasteiger partial charge in [0, 0.05) is 28.9 Å². The number of ether oxygens (including phenoxy) is 1. The maximum Gasteiger partial charge on any atom is 0.258 e. The Bertz CT molecular complexity index is 1270. The molecule has 8 heteroatoms. The van der Waals surface area contributed by atoms with Gasteiger partial charge in [-0.2, -0.15) is 0 Å². The van der Waals surface area contributed by atoms with Gasteiger partial charge in [-0.25, -0.2) is 9.37 Å². The van der Waals surface area contributed by atoms with Gasteiger partial charge in [0.05, 0.1) is 11.3 Å². The molecule has 4 aromatic rings. The number of carbonyl (C=O) groups excluding carboxylic acids is 1. The highest BCUT2D eigenvalue weighted by Crippen LogP contribution is 2.20. The van der Waals surface area contributed by atoms with E-state index in [1.54, 1.807) is 36.5 Å². The Labute approximate surface area is 169 Å². The highest BCUT2D eigenvalue weighted by atomic mass is 32.1. The van der Waals surface area contributed by atoms with E-state index in [0.29, 0.717) is 22.1 Å². The van der Waals surface area contributed by atoms with Crippen LogP contribution in [0.4, 0.5) is 10.1 Å². The Morgan fingerprint density at radius 2 is 2.03 bits per heavy atom. The fraction of sp³-hybridized carbons (Fsp3) is 0.0952. The van der Waals surface area contributed by atoms with Crippen LogP contribution in [0, 0.1) is 12.7 Å². The average Bonchev–Trinajstić information content (AvgIpc) is 3.08. The molecular formula is C21H16FN3O3S. The number of benzene rings is 2. The second-order valence-corrected chi connectivity index (χ2v) is 7.54. The molecule has 2 aromatic carbocycles. The average molecular weight is 409 g/mol. The molecule has 0 fully saturated rings. The summed E-state index contributed by atoms with van der Waals surface area (Å²) in [6.07, 6.45) is 1.75. The summed E-state index contributed by atoms with van der Waals surface area (Å²) in [7, 11) is 0. The highest BCUT2D eigenvalue weighted by Gasteiger charge is 2.11. The van der Waals surface area contributed by atoms with Crippen molar-refractivity contribution in [3.05, 3.63) is 93.1 Å². The molecule has 0 aliphatic rings. The lowest BCUT2D eigenvalue weighted by molar-refractivity contribution is 0.102. The molecule has 6 nitrogen and oxygen atoms in total. The van der Waals surface area contributed by atoms with Crippen LogP contribution in [0.2, 0.25) is 0 Å². The lowest BCUT2D eigenvalue weighted by atomic mass is 10.2. The number of aromatic nitrogens is 2. The minimum Gasteiger partial charge on any atom is -0.487 e. The molecular weight excluding hydrogens is 393 g/mol. The van der Waals surface area contributed by atoms with Gasteiger partial charge in [0.25, 0.3) is 11.5 Å². The number of carbonyl (C=O) groups is 1. The third-order valence-corrected chi connectivity index (χ3v) is 5.03. The number of anilines is 1. The zero-order valence-corrected chi connectivity index (χ0v) is 16.2. The molecule has 1 amide bonds. The van der Waals surface area contributed by atoms with Crippen molar-refractivity contribution in [3.63, 3.8) is 0 Å². The number of nitrogens with one attached hydrogen (secondary N) is 1. The Morgan fingerprint density at radius 3 is 2.86 bits per heavy atom. The first kappa shape index (κ1) is 18.8. The molecule has 0 aliphatic carbocycles. The number of halogens is 1. The normalized spacial score (nSPS) is 10.8. The van der Waals surface area contributed by atoms with E-state index in [4.69, 9.17) is 4.74 Å². The van der Waals surface area contributed by atoms with Crippen molar-refractivity contribution in [3.8, 4) is 5.75 Å². The van der Waals surface area contributed by atoms with Gasteiger partial charge in [0.2, 0.25) is 0 Å². The monoisotopic (exact) mass is 409 g/mol. The molecule has 0 aliphatic heterocycles. The van der Waals surface area contributed by atoms with Gasteiger partial charge >= 0.3 is 0 Å². The smallest absolute Gasteiger partial charge is 0.258 e. The molecule has 0 saturated heterocycles. The summed E-state index contributed by atoms with van der Waals surface area (Å²) < 4.78 is 21.0. The first-order valence-corrected chi connectivity index (χ1v) is 9.59. The molecule has 146 valence electrons. The Balaban J connectivity index is 1.47. The van der Waals surface area contributed by atoms with Gasteiger partial charge in [-0.3, -0.25) is 14.0 Å². The Morgan fingerprint density at radius 1 is 1.21 bits per heavy atom. The van der Waals surface area contributed by atoms with Crippen LogP contribution in [0.5, 0.6) is 5.75 Å².